The van der Waals surface area contributed by atoms with Gasteiger partial charge in [0.2, 0.25) is 0 Å². The molecule has 0 aliphatic heterocycles. The van der Waals surface area contributed by atoms with E-state index in [0.29, 0.717) is 17.0 Å². The first-order valence-electron chi connectivity index (χ1n) is 7.77. The van der Waals surface area contributed by atoms with Gasteiger partial charge in [-0.25, -0.2) is 4.99 Å². The summed E-state index contributed by atoms with van der Waals surface area (Å²) in [6.45, 7) is 6.28. The predicted molar refractivity (Wildman–Crippen MR) is 94.3 cm³/mol. The van der Waals surface area contributed by atoms with Crippen molar-refractivity contribution >= 4 is 23.6 Å². The zero-order chi connectivity index (χ0) is 16.6. The second-order valence-corrected chi connectivity index (χ2v) is 7.17. The van der Waals surface area contributed by atoms with E-state index in [1.165, 1.54) is 18.0 Å². The van der Waals surface area contributed by atoms with E-state index in [1.54, 1.807) is 6.34 Å². The van der Waals surface area contributed by atoms with Crippen molar-refractivity contribution in [2.75, 3.05) is 14.1 Å². The van der Waals surface area contributed by atoms with Crippen molar-refractivity contribution in [3.63, 3.8) is 0 Å². The molecule has 0 spiro atoms. The van der Waals surface area contributed by atoms with E-state index < -0.39 is 0 Å². The number of nitrogens with zero attached hydrogens (tertiary/aromatic N) is 4. The molecule has 2 atom stereocenters. The van der Waals surface area contributed by atoms with Gasteiger partial charge >= 0.3 is 0 Å². The van der Waals surface area contributed by atoms with Crippen LogP contribution in [0.2, 0.25) is 0 Å². The van der Waals surface area contributed by atoms with Gasteiger partial charge in [-0.3, -0.25) is 0 Å². The highest BCUT2D eigenvalue weighted by Crippen LogP contribution is 2.46. The van der Waals surface area contributed by atoms with Gasteiger partial charge in [-0.2, -0.15) is 9.36 Å². The molecule has 5 nitrogen and oxygen atoms in total. The average Bonchev–Trinajstić information content (AvgIpc) is 3.04. The number of aromatic nitrogens is 2. The van der Waals surface area contributed by atoms with Crippen LogP contribution in [-0.2, 0) is 0 Å². The number of aliphatic imine (C=N–C) groups is 1. The Bertz CT molecular complexity index is 738. The first-order valence-corrected chi connectivity index (χ1v) is 8.54. The number of ether oxygens (including phenoxy) is 1. The highest BCUT2D eigenvalue weighted by Gasteiger charge is 2.37. The summed E-state index contributed by atoms with van der Waals surface area (Å²) in [5.74, 6) is 2.97. The maximum Gasteiger partial charge on any atom is 0.298 e. The summed E-state index contributed by atoms with van der Waals surface area (Å²) in [7, 11) is 3.91. The van der Waals surface area contributed by atoms with Gasteiger partial charge in [-0.15, -0.1) is 0 Å². The minimum absolute atomic E-state index is 0.522. The molecule has 1 saturated carbocycles. The van der Waals surface area contributed by atoms with E-state index in [0.717, 1.165) is 28.4 Å². The molecular formula is C17H22N4OS. The summed E-state index contributed by atoms with van der Waals surface area (Å²) in [5, 5.41) is 0.617. The largest absolute Gasteiger partial charge is 0.430 e. The van der Waals surface area contributed by atoms with E-state index in [9.17, 15) is 0 Å². The lowest BCUT2D eigenvalue weighted by molar-refractivity contribution is 0.473. The van der Waals surface area contributed by atoms with Gasteiger partial charge in [0.1, 0.15) is 11.6 Å². The number of rotatable bonds is 5. The summed E-state index contributed by atoms with van der Waals surface area (Å²) in [6.07, 6.45) is 2.99. The quantitative estimate of drug-likeness (QED) is 0.606. The van der Waals surface area contributed by atoms with Crippen molar-refractivity contribution in [3.05, 3.63) is 29.1 Å². The van der Waals surface area contributed by atoms with Crippen molar-refractivity contribution in [3.8, 4) is 10.9 Å². The summed E-state index contributed by atoms with van der Waals surface area (Å²) in [4.78, 5) is 10.9. The van der Waals surface area contributed by atoms with E-state index in [1.807, 2.05) is 45.0 Å². The van der Waals surface area contributed by atoms with Crippen molar-refractivity contribution in [2.24, 2.45) is 10.9 Å². The normalized spacial score (nSPS) is 20.0. The van der Waals surface area contributed by atoms with Gasteiger partial charge in [0.05, 0.1) is 12.0 Å². The molecule has 122 valence electrons. The van der Waals surface area contributed by atoms with Crippen LogP contribution in [0.4, 0.5) is 5.69 Å². The Balaban J connectivity index is 1.77. The minimum atomic E-state index is 0.522. The van der Waals surface area contributed by atoms with Crippen LogP contribution in [-0.4, -0.2) is 34.7 Å². The van der Waals surface area contributed by atoms with Crippen LogP contribution < -0.4 is 4.74 Å². The van der Waals surface area contributed by atoms with Crippen LogP contribution in [0.3, 0.4) is 0 Å². The molecule has 1 aromatic carbocycles. The number of aryl methyl sites for hydroxylation is 2. The molecule has 1 aliphatic carbocycles. The highest BCUT2D eigenvalue weighted by molar-refractivity contribution is 7.07. The summed E-state index contributed by atoms with van der Waals surface area (Å²) in [6, 6.07) is 4.05. The molecule has 23 heavy (non-hydrogen) atoms. The van der Waals surface area contributed by atoms with Crippen LogP contribution in [0.5, 0.6) is 10.9 Å². The molecule has 0 saturated heterocycles. The van der Waals surface area contributed by atoms with E-state index in [2.05, 4.69) is 21.3 Å². The molecule has 0 amide bonds. The third kappa shape index (κ3) is 3.69. The average molecular weight is 330 g/mol. The fourth-order valence-electron chi connectivity index (χ4n) is 2.39. The maximum atomic E-state index is 5.95. The summed E-state index contributed by atoms with van der Waals surface area (Å²) in [5.41, 5.74) is 3.07. The lowest BCUT2D eigenvalue weighted by Gasteiger charge is -2.10. The molecular weight excluding hydrogens is 308 g/mol. The maximum absolute atomic E-state index is 5.95. The molecule has 1 fully saturated rings. The standard InChI is InChI=1S/C17H22N4OS/c1-10-6-13(10)16-19-17(23-20-16)22-15-8-11(2)14(7-12(15)3)18-9-21(4)5/h7-10,13H,6H2,1-5H3. The van der Waals surface area contributed by atoms with E-state index >= 15 is 0 Å². The van der Waals surface area contributed by atoms with Gasteiger partial charge < -0.3 is 9.64 Å². The first kappa shape index (κ1) is 15.9. The van der Waals surface area contributed by atoms with Gasteiger partial charge in [-0.05, 0) is 49.4 Å². The number of hydrogen-bond donors (Lipinski definition) is 0. The van der Waals surface area contributed by atoms with Crippen LogP contribution in [0.1, 0.15) is 36.2 Å². The summed E-state index contributed by atoms with van der Waals surface area (Å²) < 4.78 is 10.4. The fourth-order valence-corrected chi connectivity index (χ4v) is 3.00. The Morgan fingerprint density at radius 1 is 1.30 bits per heavy atom. The Morgan fingerprint density at radius 3 is 2.70 bits per heavy atom. The molecule has 0 bridgehead atoms. The van der Waals surface area contributed by atoms with Crippen molar-refractivity contribution in [1.82, 2.24) is 14.3 Å². The minimum Gasteiger partial charge on any atom is -0.430 e. The predicted octanol–water partition coefficient (Wildman–Crippen LogP) is 4.29. The third-order valence-corrected chi connectivity index (χ3v) is 4.59. The van der Waals surface area contributed by atoms with Crippen LogP contribution >= 0.6 is 11.5 Å². The summed E-state index contributed by atoms with van der Waals surface area (Å²) >= 11 is 1.33. The smallest absolute Gasteiger partial charge is 0.298 e. The fraction of sp³-hybridized carbons (Fsp3) is 0.471. The molecule has 2 unspecified atom stereocenters. The van der Waals surface area contributed by atoms with Crippen molar-refractivity contribution in [2.45, 2.75) is 33.1 Å². The van der Waals surface area contributed by atoms with Gasteiger partial charge in [0.25, 0.3) is 5.19 Å². The zero-order valence-electron chi connectivity index (χ0n) is 14.2. The highest BCUT2D eigenvalue weighted by atomic mass is 32.1. The topological polar surface area (TPSA) is 50.6 Å². The zero-order valence-corrected chi connectivity index (χ0v) is 15.0. The molecule has 3 rings (SSSR count). The lowest BCUT2D eigenvalue weighted by Crippen LogP contribution is -2.07. The second-order valence-electron chi connectivity index (χ2n) is 6.45. The van der Waals surface area contributed by atoms with E-state index in [4.69, 9.17) is 4.74 Å². The molecule has 0 radical (unpaired) electrons. The Labute approximate surface area is 141 Å². The first-order chi connectivity index (χ1) is 10.9. The van der Waals surface area contributed by atoms with Gasteiger partial charge in [0, 0.05) is 31.5 Å². The number of benzene rings is 1. The Kier molecular flexibility index (Phi) is 4.35. The molecule has 0 N–H and O–H groups in total. The Hall–Kier alpha value is -1.95. The van der Waals surface area contributed by atoms with Gasteiger partial charge in [-0.1, -0.05) is 6.92 Å². The van der Waals surface area contributed by atoms with Crippen LogP contribution in [0.15, 0.2) is 17.1 Å². The number of hydrogen-bond acceptors (Lipinski definition) is 5. The van der Waals surface area contributed by atoms with Crippen molar-refractivity contribution < 1.29 is 4.74 Å². The third-order valence-electron chi connectivity index (χ3n) is 3.98. The second kappa shape index (κ2) is 6.28. The molecule has 6 heteroatoms. The van der Waals surface area contributed by atoms with Crippen LogP contribution in [0, 0.1) is 19.8 Å². The van der Waals surface area contributed by atoms with E-state index in [-0.39, 0.29) is 0 Å². The molecule has 1 heterocycles. The molecule has 1 aromatic heterocycles. The van der Waals surface area contributed by atoms with Crippen molar-refractivity contribution in [1.29, 1.82) is 0 Å². The SMILES string of the molecule is Cc1cc(Oc2nc(C3CC3C)ns2)c(C)cc1N=CN(C)C. The van der Waals surface area contributed by atoms with Gasteiger partial charge in [0.15, 0.2) is 0 Å². The Morgan fingerprint density at radius 2 is 2.04 bits per heavy atom. The molecule has 2 aromatic rings. The molecule has 1 aliphatic rings. The lowest BCUT2D eigenvalue weighted by atomic mass is 10.1. The monoisotopic (exact) mass is 330 g/mol. The van der Waals surface area contributed by atoms with Crippen LogP contribution in [0.25, 0.3) is 0 Å².